The van der Waals surface area contributed by atoms with Crippen molar-refractivity contribution in [2.45, 2.75) is 6.61 Å². The summed E-state index contributed by atoms with van der Waals surface area (Å²) >= 11 is 0. The number of benzene rings is 1. The van der Waals surface area contributed by atoms with Crippen molar-refractivity contribution in [2.24, 2.45) is 0 Å². The molecule has 0 spiro atoms. The van der Waals surface area contributed by atoms with Crippen LogP contribution in [0.25, 0.3) is 0 Å². The number of esters is 1. The van der Waals surface area contributed by atoms with Gasteiger partial charge in [-0.1, -0.05) is 23.4 Å². The minimum atomic E-state index is -0.382. The van der Waals surface area contributed by atoms with Crippen molar-refractivity contribution < 1.29 is 14.1 Å². The van der Waals surface area contributed by atoms with E-state index in [1.54, 1.807) is 24.3 Å². The highest BCUT2D eigenvalue weighted by Crippen LogP contribution is 2.04. The lowest BCUT2D eigenvalue weighted by Gasteiger charge is -2.01. The van der Waals surface area contributed by atoms with Crippen LogP contribution in [0.15, 0.2) is 40.9 Å². The van der Waals surface area contributed by atoms with Crippen LogP contribution >= 0.6 is 0 Å². The number of ether oxygens (including phenoxy) is 1. The molecular weight excluding hydrogens is 194 g/mol. The first-order valence-corrected chi connectivity index (χ1v) is 4.40. The topological polar surface area (TPSA) is 52.3 Å². The molecule has 15 heavy (non-hydrogen) atoms. The van der Waals surface area contributed by atoms with Crippen molar-refractivity contribution in [2.75, 3.05) is 0 Å². The van der Waals surface area contributed by atoms with Crippen LogP contribution in [0.4, 0.5) is 0 Å². The van der Waals surface area contributed by atoms with Crippen molar-refractivity contribution >= 4 is 5.97 Å². The Morgan fingerprint density at radius 1 is 1.40 bits per heavy atom. The summed E-state index contributed by atoms with van der Waals surface area (Å²) in [5, 5.41) is 3.38. The summed E-state index contributed by atoms with van der Waals surface area (Å²) in [6, 6.07) is 10.3. The Labute approximate surface area is 86.5 Å². The highest BCUT2D eigenvalue weighted by Gasteiger charge is 2.07. The fourth-order valence-electron chi connectivity index (χ4n) is 1.07. The lowest BCUT2D eigenvalue weighted by Crippen LogP contribution is -2.04. The fraction of sp³-hybridized carbons (Fsp3) is 0.0909. The number of carbonyl (C=O) groups excluding carboxylic acids is 1. The molecule has 75 valence electrons. The maximum absolute atomic E-state index is 11.4. The molecule has 2 aromatic rings. The molecule has 1 aromatic carbocycles. The molecule has 0 saturated carbocycles. The Balaban J connectivity index is 1.94. The molecule has 0 saturated heterocycles. The second kappa shape index (κ2) is 4.41. The SMILES string of the molecule is O=C(OCc1c[c]no1)c1ccccc1. The number of rotatable bonds is 3. The predicted octanol–water partition coefficient (Wildman–Crippen LogP) is 1.83. The Bertz CT molecular complexity index is 422. The smallest absolute Gasteiger partial charge is 0.338 e. The third-order valence-electron chi connectivity index (χ3n) is 1.80. The van der Waals surface area contributed by atoms with E-state index >= 15 is 0 Å². The van der Waals surface area contributed by atoms with Crippen molar-refractivity contribution in [1.29, 1.82) is 0 Å². The largest absolute Gasteiger partial charge is 0.454 e. The standard InChI is InChI=1S/C11H8NO3/c13-11(9-4-2-1-3-5-9)14-8-10-6-7-12-15-10/h1-6H,8H2. The van der Waals surface area contributed by atoms with Gasteiger partial charge >= 0.3 is 5.97 Å². The second-order valence-electron chi connectivity index (χ2n) is 2.86. The average Bonchev–Trinajstić information content (AvgIpc) is 2.80. The summed E-state index contributed by atoms with van der Waals surface area (Å²) < 4.78 is 9.72. The Kier molecular flexibility index (Phi) is 2.78. The van der Waals surface area contributed by atoms with Crippen molar-refractivity contribution in [3.05, 3.63) is 53.9 Å². The van der Waals surface area contributed by atoms with E-state index in [1.165, 1.54) is 6.07 Å². The van der Waals surface area contributed by atoms with E-state index < -0.39 is 0 Å². The monoisotopic (exact) mass is 202 g/mol. The zero-order chi connectivity index (χ0) is 10.5. The van der Waals surface area contributed by atoms with E-state index in [1.807, 2.05) is 6.07 Å². The number of hydrogen-bond acceptors (Lipinski definition) is 4. The first-order chi connectivity index (χ1) is 7.36. The molecule has 1 heterocycles. The van der Waals surface area contributed by atoms with Crippen LogP contribution in [0.1, 0.15) is 16.1 Å². The summed E-state index contributed by atoms with van der Waals surface area (Å²) in [6.07, 6.45) is 2.49. The molecule has 0 aliphatic heterocycles. The first-order valence-electron chi connectivity index (χ1n) is 4.40. The van der Waals surface area contributed by atoms with Gasteiger partial charge in [0.05, 0.1) is 5.56 Å². The Hall–Kier alpha value is -2.10. The third kappa shape index (κ3) is 2.43. The maximum atomic E-state index is 11.4. The van der Waals surface area contributed by atoms with Gasteiger partial charge in [0.15, 0.2) is 12.4 Å². The van der Waals surface area contributed by atoms with Gasteiger partial charge in [-0.05, 0) is 12.1 Å². The molecular formula is C11H8NO3. The van der Waals surface area contributed by atoms with Gasteiger partial charge in [-0.2, -0.15) is 0 Å². The average molecular weight is 202 g/mol. The fourth-order valence-corrected chi connectivity index (χ4v) is 1.07. The van der Waals surface area contributed by atoms with E-state index in [4.69, 9.17) is 9.26 Å². The van der Waals surface area contributed by atoms with Gasteiger partial charge in [0.1, 0.15) is 6.20 Å². The molecule has 0 atom stereocenters. The quantitative estimate of drug-likeness (QED) is 0.712. The van der Waals surface area contributed by atoms with Crippen LogP contribution in [0.3, 0.4) is 0 Å². The predicted molar refractivity (Wildman–Crippen MR) is 50.9 cm³/mol. The summed E-state index contributed by atoms with van der Waals surface area (Å²) in [7, 11) is 0. The molecule has 0 aliphatic carbocycles. The van der Waals surface area contributed by atoms with Gasteiger partial charge in [0.25, 0.3) is 0 Å². The molecule has 0 unspecified atom stereocenters. The third-order valence-corrected chi connectivity index (χ3v) is 1.80. The van der Waals surface area contributed by atoms with E-state index in [2.05, 4.69) is 11.4 Å². The minimum absolute atomic E-state index is 0.0736. The Morgan fingerprint density at radius 3 is 2.87 bits per heavy atom. The molecule has 1 radical (unpaired) electrons. The summed E-state index contributed by atoms with van der Waals surface area (Å²) in [4.78, 5) is 11.4. The van der Waals surface area contributed by atoms with Gasteiger partial charge in [0, 0.05) is 6.07 Å². The number of nitrogens with zero attached hydrogens (tertiary/aromatic N) is 1. The zero-order valence-electron chi connectivity index (χ0n) is 7.84. The highest BCUT2D eigenvalue weighted by molar-refractivity contribution is 5.89. The summed E-state index contributed by atoms with van der Waals surface area (Å²) in [5.41, 5.74) is 0.515. The molecule has 2 rings (SSSR count). The van der Waals surface area contributed by atoms with Crippen molar-refractivity contribution in [3.63, 3.8) is 0 Å². The molecule has 4 heteroatoms. The summed E-state index contributed by atoms with van der Waals surface area (Å²) in [5.74, 6) is 0.0891. The van der Waals surface area contributed by atoms with Gasteiger partial charge < -0.3 is 9.26 Å². The molecule has 0 aliphatic rings. The van der Waals surface area contributed by atoms with E-state index in [0.29, 0.717) is 11.3 Å². The molecule has 4 nitrogen and oxygen atoms in total. The number of carbonyl (C=O) groups is 1. The maximum Gasteiger partial charge on any atom is 0.338 e. The van der Waals surface area contributed by atoms with E-state index in [9.17, 15) is 4.79 Å². The molecule has 1 aromatic heterocycles. The molecule has 0 amide bonds. The van der Waals surface area contributed by atoms with Crippen LogP contribution in [0.2, 0.25) is 0 Å². The number of hydrogen-bond donors (Lipinski definition) is 0. The molecule has 0 fully saturated rings. The second-order valence-corrected chi connectivity index (χ2v) is 2.86. The van der Waals surface area contributed by atoms with Gasteiger partial charge in [-0.25, -0.2) is 4.79 Å². The Morgan fingerprint density at radius 2 is 2.20 bits per heavy atom. The summed E-state index contributed by atoms with van der Waals surface area (Å²) in [6.45, 7) is 0.0736. The highest BCUT2D eigenvalue weighted by atomic mass is 16.5. The normalized spacial score (nSPS) is 9.87. The first kappa shape index (κ1) is 9.45. The zero-order valence-corrected chi connectivity index (χ0v) is 7.84. The van der Waals surface area contributed by atoms with Gasteiger partial charge in [0.2, 0.25) is 0 Å². The van der Waals surface area contributed by atoms with Crippen LogP contribution in [-0.4, -0.2) is 11.1 Å². The number of aromatic nitrogens is 1. The van der Waals surface area contributed by atoms with E-state index in [0.717, 1.165) is 0 Å². The van der Waals surface area contributed by atoms with E-state index in [-0.39, 0.29) is 12.6 Å². The van der Waals surface area contributed by atoms with Crippen LogP contribution in [-0.2, 0) is 11.3 Å². The molecule has 0 bridgehead atoms. The minimum Gasteiger partial charge on any atom is -0.454 e. The van der Waals surface area contributed by atoms with Crippen molar-refractivity contribution in [3.8, 4) is 0 Å². The van der Waals surface area contributed by atoms with Crippen LogP contribution < -0.4 is 0 Å². The van der Waals surface area contributed by atoms with Gasteiger partial charge in [-0.3, -0.25) is 0 Å². The van der Waals surface area contributed by atoms with Gasteiger partial charge in [-0.15, -0.1) is 0 Å². The molecule has 0 N–H and O–H groups in total. The van der Waals surface area contributed by atoms with Crippen molar-refractivity contribution in [1.82, 2.24) is 5.16 Å². The lowest BCUT2D eigenvalue weighted by molar-refractivity contribution is 0.0437. The van der Waals surface area contributed by atoms with Crippen LogP contribution in [0, 0.1) is 6.20 Å². The lowest BCUT2D eigenvalue weighted by atomic mass is 10.2. The van der Waals surface area contributed by atoms with Crippen LogP contribution in [0.5, 0.6) is 0 Å².